The second-order valence-corrected chi connectivity index (χ2v) is 6.69. The van der Waals surface area contributed by atoms with Crippen molar-refractivity contribution in [3.05, 3.63) is 28.8 Å². The summed E-state index contributed by atoms with van der Waals surface area (Å²) in [5.74, 6) is 1.24. The van der Waals surface area contributed by atoms with Crippen molar-refractivity contribution in [2.24, 2.45) is 0 Å². The van der Waals surface area contributed by atoms with Crippen molar-refractivity contribution in [2.45, 2.75) is 31.8 Å². The van der Waals surface area contributed by atoms with E-state index in [1.54, 1.807) is 14.2 Å². The maximum absolute atomic E-state index is 12.1. The van der Waals surface area contributed by atoms with Gasteiger partial charge in [-0.15, -0.1) is 10.2 Å². The Balaban J connectivity index is 1.52. The molecule has 0 bridgehead atoms. The number of aryl methyl sites for hydroxylation is 1. The average Bonchev–Trinajstić information content (AvgIpc) is 3.31. The molecule has 0 spiro atoms. The van der Waals surface area contributed by atoms with Crippen molar-refractivity contribution in [1.29, 1.82) is 0 Å². The van der Waals surface area contributed by atoms with Gasteiger partial charge in [0.2, 0.25) is 11.0 Å². The summed E-state index contributed by atoms with van der Waals surface area (Å²) in [6.07, 6.45) is 2.97. The van der Waals surface area contributed by atoms with Crippen LogP contribution in [0.2, 0.25) is 0 Å². The minimum absolute atomic E-state index is 0.0231. The number of aromatic nitrogens is 2. The first-order valence-electron chi connectivity index (χ1n) is 8.15. The summed E-state index contributed by atoms with van der Waals surface area (Å²) in [5, 5.41) is 12.3. The molecular weight excluding hydrogens is 342 g/mol. The maximum atomic E-state index is 12.1. The summed E-state index contributed by atoms with van der Waals surface area (Å²) in [4.78, 5) is 12.1. The van der Waals surface area contributed by atoms with Crippen LogP contribution in [0.3, 0.4) is 0 Å². The van der Waals surface area contributed by atoms with Crippen LogP contribution in [0.5, 0.6) is 11.5 Å². The Hall–Kier alpha value is -2.19. The van der Waals surface area contributed by atoms with E-state index in [1.165, 1.54) is 11.3 Å². The van der Waals surface area contributed by atoms with Crippen LogP contribution in [0, 0.1) is 0 Å². The highest BCUT2D eigenvalue weighted by molar-refractivity contribution is 7.15. The largest absolute Gasteiger partial charge is 0.493 e. The number of carbonyl (C=O) groups excluding carboxylic acids is 1. The number of hydrogen-bond acceptors (Lipinski definition) is 7. The first-order valence-corrected chi connectivity index (χ1v) is 8.97. The molecule has 3 rings (SSSR count). The Morgan fingerprint density at radius 1 is 1.32 bits per heavy atom. The lowest BCUT2D eigenvalue weighted by atomic mass is 10.1. The lowest BCUT2D eigenvalue weighted by molar-refractivity contribution is -0.116. The molecule has 0 aliphatic carbocycles. The normalized spacial score (nSPS) is 16.6. The van der Waals surface area contributed by atoms with Crippen molar-refractivity contribution in [2.75, 3.05) is 26.1 Å². The number of carbonyl (C=O) groups is 1. The smallest absolute Gasteiger partial charge is 0.226 e. The number of benzene rings is 1. The summed E-state index contributed by atoms with van der Waals surface area (Å²) >= 11 is 1.38. The third kappa shape index (κ3) is 4.46. The summed E-state index contributed by atoms with van der Waals surface area (Å²) in [7, 11) is 3.19. The average molecular weight is 363 g/mol. The molecule has 7 nitrogen and oxygen atoms in total. The Bertz CT molecular complexity index is 728. The van der Waals surface area contributed by atoms with E-state index in [0.717, 1.165) is 30.0 Å². The highest BCUT2D eigenvalue weighted by Gasteiger charge is 2.22. The topological polar surface area (TPSA) is 82.6 Å². The highest BCUT2D eigenvalue weighted by atomic mass is 32.1. The third-order valence-corrected chi connectivity index (χ3v) is 4.91. The zero-order chi connectivity index (χ0) is 17.6. The van der Waals surface area contributed by atoms with Crippen LogP contribution in [-0.2, 0) is 16.0 Å². The fraction of sp³-hybridized carbons (Fsp3) is 0.471. The number of methoxy groups -OCH3 is 2. The van der Waals surface area contributed by atoms with Crippen molar-refractivity contribution >= 4 is 22.4 Å². The van der Waals surface area contributed by atoms with Crippen LogP contribution in [0.1, 0.15) is 35.9 Å². The van der Waals surface area contributed by atoms with Crippen LogP contribution < -0.4 is 14.8 Å². The van der Waals surface area contributed by atoms with Crippen molar-refractivity contribution < 1.29 is 19.0 Å². The molecule has 1 amide bonds. The van der Waals surface area contributed by atoms with Crippen LogP contribution in [0.25, 0.3) is 0 Å². The number of nitrogens with zero attached hydrogens (tertiary/aromatic N) is 2. The van der Waals surface area contributed by atoms with Crippen LogP contribution in [0.15, 0.2) is 18.2 Å². The predicted octanol–water partition coefficient (Wildman–Crippen LogP) is 2.98. The molecule has 2 heterocycles. The number of ether oxygens (including phenoxy) is 3. The van der Waals surface area contributed by atoms with E-state index in [-0.39, 0.29) is 12.0 Å². The molecule has 1 fully saturated rings. The van der Waals surface area contributed by atoms with Gasteiger partial charge in [0.05, 0.1) is 14.2 Å². The van der Waals surface area contributed by atoms with Gasteiger partial charge in [-0.25, -0.2) is 0 Å². The molecule has 1 aromatic carbocycles. The molecule has 1 saturated heterocycles. The number of nitrogens with one attached hydrogen (secondary N) is 1. The second kappa shape index (κ2) is 8.26. The van der Waals surface area contributed by atoms with Gasteiger partial charge in [0.25, 0.3) is 0 Å². The number of anilines is 1. The Kier molecular flexibility index (Phi) is 5.83. The number of hydrogen-bond donors (Lipinski definition) is 1. The number of rotatable bonds is 7. The standard InChI is InChI=1S/C17H21N3O4S/c1-22-12-7-5-11(10-14(12)23-2)6-8-15(21)18-17-20-19-16(25-17)13-4-3-9-24-13/h5,7,10,13H,3-4,6,8-9H2,1-2H3,(H,18,20,21)/t13-/m0/s1. The molecule has 8 heteroatoms. The molecule has 0 saturated carbocycles. The minimum Gasteiger partial charge on any atom is -0.493 e. The second-order valence-electron chi connectivity index (χ2n) is 5.68. The maximum Gasteiger partial charge on any atom is 0.226 e. The van der Waals surface area contributed by atoms with Gasteiger partial charge in [0, 0.05) is 13.0 Å². The van der Waals surface area contributed by atoms with Gasteiger partial charge >= 0.3 is 0 Å². The van der Waals surface area contributed by atoms with E-state index >= 15 is 0 Å². The van der Waals surface area contributed by atoms with E-state index in [2.05, 4.69) is 15.5 Å². The Morgan fingerprint density at radius 2 is 2.16 bits per heavy atom. The van der Waals surface area contributed by atoms with Crippen LogP contribution in [-0.4, -0.2) is 36.9 Å². The molecule has 1 N–H and O–H groups in total. The molecule has 1 atom stereocenters. The van der Waals surface area contributed by atoms with Gasteiger partial charge in [0.1, 0.15) is 11.1 Å². The van der Waals surface area contributed by atoms with Gasteiger partial charge in [-0.3, -0.25) is 4.79 Å². The van der Waals surface area contributed by atoms with Crippen molar-refractivity contribution in [3.8, 4) is 11.5 Å². The molecule has 0 unspecified atom stereocenters. The van der Waals surface area contributed by atoms with E-state index in [0.29, 0.717) is 29.5 Å². The van der Waals surface area contributed by atoms with E-state index in [9.17, 15) is 4.79 Å². The molecule has 134 valence electrons. The molecule has 0 radical (unpaired) electrons. The summed E-state index contributed by atoms with van der Waals surface area (Å²) in [5.41, 5.74) is 1.00. The van der Waals surface area contributed by atoms with Gasteiger partial charge in [-0.2, -0.15) is 0 Å². The zero-order valence-corrected chi connectivity index (χ0v) is 15.1. The van der Waals surface area contributed by atoms with Gasteiger partial charge in [-0.05, 0) is 37.0 Å². The minimum atomic E-state index is -0.0928. The van der Waals surface area contributed by atoms with Crippen LogP contribution >= 0.6 is 11.3 Å². The molecule has 2 aromatic rings. The molecule has 1 aliphatic heterocycles. The van der Waals surface area contributed by atoms with E-state index < -0.39 is 0 Å². The fourth-order valence-corrected chi connectivity index (χ4v) is 3.51. The summed E-state index contributed by atoms with van der Waals surface area (Å²) in [6.45, 7) is 0.761. The quantitative estimate of drug-likeness (QED) is 0.814. The fourth-order valence-electron chi connectivity index (χ4n) is 2.66. The highest BCUT2D eigenvalue weighted by Crippen LogP contribution is 2.32. The van der Waals surface area contributed by atoms with E-state index in [4.69, 9.17) is 14.2 Å². The molecular formula is C17H21N3O4S. The summed E-state index contributed by atoms with van der Waals surface area (Å²) in [6, 6.07) is 5.65. The Morgan fingerprint density at radius 3 is 2.88 bits per heavy atom. The Labute approximate surface area is 150 Å². The van der Waals surface area contributed by atoms with E-state index in [1.807, 2.05) is 18.2 Å². The molecule has 1 aromatic heterocycles. The molecule has 1 aliphatic rings. The number of amides is 1. The van der Waals surface area contributed by atoms with Crippen LogP contribution in [0.4, 0.5) is 5.13 Å². The first-order chi connectivity index (χ1) is 12.2. The lowest BCUT2D eigenvalue weighted by Crippen LogP contribution is -2.12. The summed E-state index contributed by atoms with van der Waals surface area (Å²) < 4.78 is 16.1. The SMILES string of the molecule is COc1ccc(CCC(=O)Nc2nnc([C@@H]3CCCO3)s2)cc1OC. The molecule has 25 heavy (non-hydrogen) atoms. The van der Waals surface area contributed by atoms with Gasteiger partial charge < -0.3 is 19.5 Å². The van der Waals surface area contributed by atoms with Gasteiger partial charge in [0.15, 0.2) is 11.5 Å². The zero-order valence-electron chi connectivity index (χ0n) is 14.3. The lowest BCUT2D eigenvalue weighted by Gasteiger charge is -2.09. The van der Waals surface area contributed by atoms with Gasteiger partial charge in [-0.1, -0.05) is 17.4 Å². The third-order valence-electron chi connectivity index (χ3n) is 3.98. The first kappa shape index (κ1) is 17.6. The van der Waals surface area contributed by atoms with Crippen molar-refractivity contribution in [1.82, 2.24) is 10.2 Å². The van der Waals surface area contributed by atoms with Crippen molar-refractivity contribution in [3.63, 3.8) is 0 Å². The predicted molar refractivity (Wildman–Crippen MR) is 94.3 cm³/mol. The monoisotopic (exact) mass is 363 g/mol.